The van der Waals surface area contributed by atoms with Crippen LogP contribution in [0.2, 0.25) is 0 Å². The van der Waals surface area contributed by atoms with E-state index in [1.165, 1.54) is 0 Å². The van der Waals surface area contributed by atoms with Gasteiger partial charge in [0.1, 0.15) is 18.1 Å². The minimum absolute atomic E-state index is 0.151. The molecule has 0 spiro atoms. The Morgan fingerprint density at radius 2 is 1.73 bits per heavy atom. The average Bonchev–Trinajstić information content (AvgIpc) is 2.59. The molecule has 142 valence electrons. The zero-order chi connectivity index (χ0) is 19.3. The molecule has 0 heterocycles. The van der Waals surface area contributed by atoms with Crippen molar-refractivity contribution in [3.05, 3.63) is 53.6 Å². The third-order valence-electron chi connectivity index (χ3n) is 4.04. The van der Waals surface area contributed by atoms with Gasteiger partial charge in [-0.25, -0.2) is 13.1 Å². The van der Waals surface area contributed by atoms with E-state index in [9.17, 15) is 8.42 Å². The largest absolute Gasteiger partial charge is 0.496 e. The Morgan fingerprint density at radius 1 is 1.08 bits per heavy atom. The minimum Gasteiger partial charge on any atom is -0.496 e. The van der Waals surface area contributed by atoms with Gasteiger partial charge in [0, 0.05) is 0 Å². The first-order valence-corrected chi connectivity index (χ1v) is 10.1. The lowest BCUT2D eigenvalue weighted by molar-refractivity contribution is 0.287. The molecular formula is C20H27NO4S. The summed E-state index contributed by atoms with van der Waals surface area (Å²) >= 11 is 0. The molecule has 0 radical (unpaired) electrons. The van der Waals surface area contributed by atoms with Gasteiger partial charge in [0.05, 0.1) is 18.0 Å². The van der Waals surface area contributed by atoms with Crippen LogP contribution in [0.4, 0.5) is 0 Å². The van der Waals surface area contributed by atoms with Gasteiger partial charge in [0.2, 0.25) is 10.0 Å². The summed E-state index contributed by atoms with van der Waals surface area (Å²) in [4.78, 5) is 0.272. The molecule has 26 heavy (non-hydrogen) atoms. The van der Waals surface area contributed by atoms with Crippen LogP contribution in [-0.2, 0) is 10.0 Å². The summed E-state index contributed by atoms with van der Waals surface area (Å²) in [6.45, 7) is 7.81. The Bertz CT molecular complexity index is 832. The second-order valence-corrected chi connectivity index (χ2v) is 8.34. The second-order valence-electron chi connectivity index (χ2n) is 6.66. The number of hydrogen-bond donors (Lipinski definition) is 1. The molecule has 1 atom stereocenters. The molecule has 0 aliphatic rings. The van der Waals surface area contributed by atoms with E-state index in [0.29, 0.717) is 17.1 Å². The van der Waals surface area contributed by atoms with Crippen molar-refractivity contribution < 1.29 is 17.9 Å². The fourth-order valence-electron chi connectivity index (χ4n) is 2.70. The van der Waals surface area contributed by atoms with Crippen molar-refractivity contribution in [2.24, 2.45) is 0 Å². The highest BCUT2D eigenvalue weighted by molar-refractivity contribution is 7.89. The Labute approximate surface area is 156 Å². The molecule has 5 nitrogen and oxygen atoms in total. The van der Waals surface area contributed by atoms with Gasteiger partial charge >= 0.3 is 0 Å². The second kappa shape index (κ2) is 8.56. The average molecular weight is 378 g/mol. The third kappa shape index (κ3) is 4.99. The Morgan fingerprint density at radius 3 is 2.31 bits per heavy atom. The van der Waals surface area contributed by atoms with Gasteiger partial charge in [0.15, 0.2) is 0 Å². The van der Waals surface area contributed by atoms with Gasteiger partial charge < -0.3 is 9.47 Å². The number of ether oxygens (including phenoxy) is 2. The van der Waals surface area contributed by atoms with Crippen LogP contribution >= 0.6 is 0 Å². The van der Waals surface area contributed by atoms with Crippen molar-refractivity contribution in [1.29, 1.82) is 0 Å². The summed E-state index contributed by atoms with van der Waals surface area (Å²) in [5.41, 5.74) is 1.52. The van der Waals surface area contributed by atoms with Crippen molar-refractivity contribution in [2.45, 2.75) is 44.6 Å². The van der Waals surface area contributed by atoms with Gasteiger partial charge in [-0.2, -0.15) is 0 Å². The minimum atomic E-state index is -3.66. The molecule has 0 aromatic heterocycles. The quantitative estimate of drug-likeness (QED) is 0.758. The number of methoxy groups -OCH3 is 1. The molecule has 1 unspecified atom stereocenters. The van der Waals surface area contributed by atoms with Crippen LogP contribution in [0.15, 0.2) is 47.4 Å². The smallest absolute Gasteiger partial charge is 0.241 e. The highest BCUT2D eigenvalue weighted by atomic mass is 32.2. The predicted molar refractivity (Wildman–Crippen MR) is 104 cm³/mol. The summed E-state index contributed by atoms with van der Waals surface area (Å²) < 4.78 is 39.4. The molecule has 2 rings (SSSR count). The number of hydrogen-bond acceptors (Lipinski definition) is 4. The predicted octanol–water partition coefficient (Wildman–Crippen LogP) is 3.87. The zero-order valence-corrected chi connectivity index (χ0v) is 16.8. The standard InChI is InChI=1S/C20H27NO4S/c1-14(2)18-12-20(15(3)11-19(18)24-5)26(22,23)21-16(4)13-25-17-9-7-6-8-10-17/h6-12,14,16,21H,13H2,1-5H3. The van der Waals surface area contributed by atoms with E-state index in [1.54, 1.807) is 33.1 Å². The van der Waals surface area contributed by atoms with Crippen molar-refractivity contribution in [3.8, 4) is 11.5 Å². The van der Waals surface area contributed by atoms with Crippen molar-refractivity contribution in [3.63, 3.8) is 0 Å². The maximum atomic E-state index is 12.8. The van der Waals surface area contributed by atoms with Crippen LogP contribution in [0, 0.1) is 6.92 Å². The fourth-order valence-corrected chi connectivity index (χ4v) is 4.18. The lowest BCUT2D eigenvalue weighted by Gasteiger charge is -2.19. The van der Waals surface area contributed by atoms with E-state index in [1.807, 2.05) is 44.2 Å². The maximum absolute atomic E-state index is 12.8. The highest BCUT2D eigenvalue weighted by Crippen LogP contribution is 2.31. The number of rotatable bonds is 8. The molecule has 6 heteroatoms. The van der Waals surface area contributed by atoms with Crippen LogP contribution in [0.1, 0.15) is 37.8 Å². The highest BCUT2D eigenvalue weighted by Gasteiger charge is 2.23. The van der Waals surface area contributed by atoms with Crippen LogP contribution in [0.25, 0.3) is 0 Å². The summed E-state index contributed by atoms with van der Waals surface area (Å²) in [5, 5.41) is 0. The number of nitrogens with one attached hydrogen (secondary N) is 1. The molecule has 0 amide bonds. The van der Waals surface area contributed by atoms with Gasteiger partial charge in [-0.05, 0) is 55.2 Å². The van der Waals surface area contributed by atoms with Crippen molar-refractivity contribution in [1.82, 2.24) is 4.72 Å². The van der Waals surface area contributed by atoms with E-state index < -0.39 is 10.0 Å². The molecule has 2 aromatic rings. The first kappa shape index (κ1) is 20.3. The van der Waals surface area contributed by atoms with Gasteiger partial charge in [-0.1, -0.05) is 32.0 Å². The van der Waals surface area contributed by atoms with E-state index in [4.69, 9.17) is 9.47 Å². The van der Waals surface area contributed by atoms with Crippen molar-refractivity contribution >= 4 is 10.0 Å². The summed E-state index contributed by atoms with van der Waals surface area (Å²) in [5.74, 6) is 1.57. The van der Waals surface area contributed by atoms with Crippen LogP contribution < -0.4 is 14.2 Å². The molecule has 0 bridgehead atoms. The van der Waals surface area contributed by atoms with Crippen molar-refractivity contribution in [2.75, 3.05) is 13.7 Å². The van der Waals surface area contributed by atoms with Crippen LogP contribution in [0.3, 0.4) is 0 Å². The van der Waals surface area contributed by atoms with E-state index >= 15 is 0 Å². The monoisotopic (exact) mass is 377 g/mol. The molecule has 0 saturated heterocycles. The molecule has 0 aliphatic heterocycles. The SMILES string of the molecule is COc1cc(C)c(S(=O)(=O)NC(C)COc2ccccc2)cc1C(C)C. The number of aryl methyl sites for hydroxylation is 1. The normalized spacial score (nSPS) is 12.8. The van der Waals surface area contributed by atoms with E-state index in [2.05, 4.69) is 4.72 Å². The topological polar surface area (TPSA) is 64.6 Å². The Kier molecular flexibility index (Phi) is 6.67. The number of para-hydroxylation sites is 1. The Balaban J connectivity index is 2.17. The summed E-state index contributed by atoms with van der Waals surface area (Å²) in [6, 6.07) is 12.4. The summed E-state index contributed by atoms with van der Waals surface area (Å²) in [7, 11) is -2.07. The molecule has 0 aliphatic carbocycles. The molecule has 0 saturated carbocycles. The van der Waals surface area contributed by atoms with E-state index in [-0.39, 0.29) is 23.5 Å². The zero-order valence-electron chi connectivity index (χ0n) is 15.9. The van der Waals surface area contributed by atoms with Crippen LogP contribution in [0.5, 0.6) is 11.5 Å². The van der Waals surface area contributed by atoms with E-state index in [0.717, 1.165) is 5.56 Å². The van der Waals surface area contributed by atoms with Crippen LogP contribution in [-0.4, -0.2) is 28.2 Å². The fraction of sp³-hybridized carbons (Fsp3) is 0.400. The lowest BCUT2D eigenvalue weighted by atomic mass is 10.0. The third-order valence-corrected chi connectivity index (χ3v) is 5.77. The maximum Gasteiger partial charge on any atom is 0.241 e. The number of benzene rings is 2. The first-order chi connectivity index (χ1) is 12.2. The molecule has 1 N–H and O–H groups in total. The first-order valence-electron chi connectivity index (χ1n) is 8.63. The van der Waals surface area contributed by atoms with Gasteiger partial charge in [-0.3, -0.25) is 0 Å². The Hall–Kier alpha value is -2.05. The molecular weight excluding hydrogens is 350 g/mol. The summed E-state index contributed by atoms with van der Waals surface area (Å²) in [6.07, 6.45) is 0. The molecule has 2 aromatic carbocycles. The van der Waals surface area contributed by atoms with Gasteiger partial charge in [-0.15, -0.1) is 0 Å². The van der Waals surface area contributed by atoms with Gasteiger partial charge in [0.25, 0.3) is 0 Å². The lowest BCUT2D eigenvalue weighted by Crippen LogP contribution is -2.37. The number of sulfonamides is 1. The molecule has 0 fully saturated rings.